The van der Waals surface area contributed by atoms with Crippen LogP contribution in [-0.2, 0) is 19.5 Å². The SMILES string of the molecule is CCNC(=NCc1nnc2n1CCCCC2)N1CC[C@@H](O)C1. The Kier molecular flexibility index (Phi) is 4.92. The molecule has 22 heavy (non-hydrogen) atoms. The highest BCUT2D eigenvalue weighted by Gasteiger charge is 2.23. The van der Waals surface area contributed by atoms with Crippen LogP contribution in [0.2, 0.25) is 0 Å². The van der Waals surface area contributed by atoms with Crippen molar-refractivity contribution in [3.8, 4) is 0 Å². The van der Waals surface area contributed by atoms with Crippen molar-refractivity contribution < 1.29 is 5.11 Å². The van der Waals surface area contributed by atoms with E-state index in [2.05, 4.69) is 31.9 Å². The van der Waals surface area contributed by atoms with Crippen LogP contribution in [0.25, 0.3) is 0 Å². The average molecular weight is 306 g/mol. The number of aryl methyl sites for hydroxylation is 1. The molecule has 1 aromatic heterocycles. The van der Waals surface area contributed by atoms with E-state index in [1.54, 1.807) is 0 Å². The smallest absolute Gasteiger partial charge is 0.194 e. The molecule has 7 heteroatoms. The molecule has 0 radical (unpaired) electrons. The summed E-state index contributed by atoms with van der Waals surface area (Å²) in [5.74, 6) is 2.92. The van der Waals surface area contributed by atoms with Gasteiger partial charge in [-0.25, -0.2) is 4.99 Å². The first kappa shape index (κ1) is 15.3. The number of aliphatic hydroxyl groups excluding tert-OH is 1. The summed E-state index contributed by atoms with van der Waals surface area (Å²) in [6, 6.07) is 0. The van der Waals surface area contributed by atoms with E-state index in [4.69, 9.17) is 4.99 Å². The number of β-amino-alcohol motifs (C(OH)–C–C–N with tert-alkyl or cyclic N) is 1. The first-order chi connectivity index (χ1) is 10.8. The molecule has 0 unspecified atom stereocenters. The lowest BCUT2D eigenvalue weighted by molar-refractivity contribution is 0.188. The molecule has 1 saturated heterocycles. The topological polar surface area (TPSA) is 78.6 Å². The minimum absolute atomic E-state index is 0.242. The Morgan fingerprint density at radius 1 is 1.32 bits per heavy atom. The van der Waals surface area contributed by atoms with Gasteiger partial charge < -0.3 is 19.9 Å². The summed E-state index contributed by atoms with van der Waals surface area (Å²) in [5, 5.41) is 21.7. The van der Waals surface area contributed by atoms with E-state index in [0.29, 0.717) is 13.1 Å². The minimum Gasteiger partial charge on any atom is -0.391 e. The molecule has 0 bridgehead atoms. The first-order valence-corrected chi connectivity index (χ1v) is 8.40. The molecule has 122 valence electrons. The minimum atomic E-state index is -0.242. The van der Waals surface area contributed by atoms with Gasteiger partial charge in [0.15, 0.2) is 11.8 Å². The Morgan fingerprint density at radius 2 is 2.23 bits per heavy atom. The molecule has 7 nitrogen and oxygen atoms in total. The van der Waals surface area contributed by atoms with Crippen LogP contribution in [0.15, 0.2) is 4.99 Å². The van der Waals surface area contributed by atoms with Gasteiger partial charge in [0.2, 0.25) is 0 Å². The number of hydrogen-bond acceptors (Lipinski definition) is 4. The maximum absolute atomic E-state index is 9.71. The number of rotatable bonds is 3. The van der Waals surface area contributed by atoms with Crippen LogP contribution in [0, 0.1) is 0 Å². The van der Waals surface area contributed by atoms with Crippen molar-refractivity contribution in [2.24, 2.45) is 4.99 Å². The van der Waals surface area contributed by atoms with Crippen molar-refractivity contribution >= 4 is 5.96 Å². The third-order valence-corrected chi connectivity index (χ3v) is 4.35. The number of aliphatic imine (C=N–C) groups is 1. The van der Waals surface area contributed by atoms with Crippen LogP contribution in [0.1, 0.15) is 44.3 Å². The Balaban J connectivity index is 1.72. The van der Waals surface area contributed by atoms with Crippen molar-refractivity contribution in [3.05, 3.63) is 11.6 Å². The Bertz CT molecular complexity index is 526. The summed E-state index contributed by atoms with van der Waals surface area (Å²) in [6.07, 6.45) is 5.25. The predicted molar refractivity (Wildman–Crippen MR) is 84.6 cm³/mol. The molecule has 0 aromatic carbocycles. The lowest BCUT2D eigenvalue weighted by atomic mass is 10.2. The van der Waals surface area contributed by atoms with E-state index in [0.717, 1.165) is 50.1 Å². The van der Waals surface area contributed by atoms with Crippen LogP contribution >= 0.6 is 0 Å². The average Bonchev–Trinajstić information content (AvgIpc) is 3.03. The van der Waals surface area contributed by atoms with E-state index in [1.165, 1.54) is 19.3 Å². The van der Waals surface area contributed by atoms with Crippen molar-refractivity contribution in [1.82, 2.24) is 25.0 Å². The van der Waals surface area contributed by atoms with Gasteiger partial charge in [-0.1, -0.05) is 6.42 Å². The zero-order valence-electron chi connectivity index (χ0n) is 13.3. The Hall–Kier alpha value is -1.63. The lowest BCUT2D eigenvalue weighted by Crippen LogP contribution is -2.40. The number of guanidine groups is 1. The molecule has 2 aliphatic rings. The fourth-order valence-corrected chi connectivity index (χ4v) is 3.17. The van der Waals surface area contributed by atoms with E-state index >= 15 is 0 Å². The summed E-state index contributed by atoms with van der Waals surface area (Å²) in [4.78, 5) is 6.83. The summed E-state index contributed by atoms with van der Waals surface area (Å²) in [6.45, 7) is 5.94. The van der Waals surface area contributed by atoms with E-state index in [-0.39, 0.29) is 6.10 Å². The second-order valence-electron chi connectivity index (χ2n) is 6.05. The third-order valence-electron chi connectivity index (χ3n) is 4.35. The largest absolute Gasteiger partial charge is 0.391 e. The van der Waals surface area contributed by atoms with E-state index in [1.807, 2.05) is 0 Å². The van der Waals surface area contributed by atoms with Crippen molar-refractivity contribution in [2.75, 3.05) is 19.6 Å². The predicted octanol–water partition coefficient (Wildman–Crippen LogP) is 0.537. The number of nitrogens with zero attached hydrogens (tertiary/aromatic N) is 5. The van der Waals surface area contributed by atoms with Crippen LogP contribution < -0.4 is 5.32 Å². The van der Waals surface area contributed by atoms with Crippen LogP contribution in [0.5, 0.6) is 0 Å². The lowest BCUT2D eigenvalue weighted by Gasteiger charge is -2.20. The Labute approximate surface area is 131 Å². The molecule has 0 saturated carbocycles. The summed E-state index contributed by atoms with van der Waals surface area (Å²) >= 11 is 0. The second kappa shape index (κ2) is 7.09. The van der Waals surface area contributed by atoms with Crippen LogP contribution in [0.3, 0.4) is 0 Å². The summed E-state index contributed by atoms with van der Waals surface area (Å²) in [5.41, 5.74) is 0. The van der Waals surface area contributed by atoms with Gasteiger partial charge in [-0.15, -0.1) is 10.2 Å². The molecule has 2 aliphatic heterocycles. The summed E-state index contributed by atoms with van der Waals surface area (Å²) in [7, 11) is 0. The maximum atomic E-state index is 9.71. The zero-order valence-corrected chi connectivity index (χ0v) is 13.3. The van der Waals surface area contributed by atoms with Gasteiger partial charge in [0.25, 0.3) is 0 Å². The third kappa shape index (κ3) is 3.40. The van der Waals surface area contributed by atoms with Gasteiger partial charge in [0.1, 0.15) is 12.4 Å². The first-order valence-electron chi connectivity index (χ1n) is 8.40. The monoisotopic (exact) mass is 306 g/mol. The molecule has 3 heterocycles. The number of hydrogen-bond donors (Lipinski definition) is 2. The fraction of sp³-hybridized carbons (Fsp3) is 0.800. The second-order valence-corrected chi connectivity index (χ2v) is 6.05. The summed E-state index contributed by atoms with van der Waals surface area (Å²) < 4.78 is 2.24. The Morgan fingerprint density at radius 3 is 3.00 bits per heavy atom. The molecule has 0 amide bonds. The molecular weight excluding hydrogens is 280 g/mol. The maximum Gasteiger partial charge on any atom is 0.194 e. The number of likely N-dealkylation sites (tertiary alicyclic amines) is 1. The molecule has 2 N–H and O–H groups in total. The molecule has 0 spiro atoms. The van der Waals surface area contributed by atoms with Gasteiger partial charge >= 0.3 is 0 Å². The number of fused-ring (bicyclic) bond motifs is 1. The molecule has 1 aromatic rings. The molecule has 3 rings (SSSR count). The fourth-order valence-electron chi connectivity index (χ4n) is 3.17. The van der Waals surface area contributed by atoms with Gasteiger partial charge in [0, 0.05) is 32.6 Å². The van der Waals surface area contributed by atoms with Gasteiger partial charge in [-0.05, 0) is 26.2 Å². The normalized spacial score (nSPS) is 22.5. The van der Waals surface area contributed by atoms with E-state index < -0.39 is 0 Å². The van der Waals surface area contributed by atoms with Crippen LogP contribution in [0.4, 0.5) is 0 Å². The van der Waals surface area contributed by atoms with Crippen molar-refractivity contribution in [1.29, 1.82) is 0 Å². The quantitative estimate of drug-likeness (QED) is 0.629. The number of aliphatic hydroxyl groups is 1. The van der Waals surface area contributed by atoms with E-state index in [9.17, 15) is 5.11 Å². The van der Waals surface area contributed by atoms with Crippen molar-refractivity contribution in [3.63, 3.8) is 0 Å². The molecule has 1 fully saturated rings. The molecule has 1 atom stereocenters. The van der Waals surface area contributed by atoms with Crippen LogP contribution in [-0.4, -0.2) is 56.5 Å². The van der Waals surface area contributed by atoms with Gasteiger partial charge in [0.05, 0.1) is 6.10 Å². The highest BCUT2D eigenvalue weighted by atomic mass is 16.3. The highest BCUT2D eigenvalue weighted by molar-refractivity contribution is 5.80. The molecule has 0 aliphatic carbocycles. The number of nitrogens with one attached hydrogen (secondary N) is 1. The van der Waals surface area contributed by atoms with Gasteiger partial charge in [-0.2, -0.15) is 0 Å². The standard InChI is InChI=1S/C15H26N6O/c1-2-16-15(20-9-7-12(22)11-20)17-10-14-19-18-13-6-4-3-5-8-21(13)14/h12,22H,2-11H2,1H3,(H,16,17)/t12-/m1/s1. The van der Waals surface area contributed by atoms with Crippen molar-refractivity contribution in [2.45, 2.75) is 58.2 Å². The zero-order chi connectivity index (χ0) is 15.4. The number of aromatic nitrogens is 3. The van der Waals surface area contributed by atoms with Gasteiger partial charge in [-0.3, -0.25) is 0 Å². The molecular formula is C15H26N6O. The highest BCUT2D eigenvalue weighted by Crippen LogP contribution is 2.15.